The third kappa shape index (κ3) is 1460. The van der Waals surface area contributed by atoms with Crippen LogP contribution in [0, 0.1) is 13.1 Å². The molecule has 0 fully saturated rings. The number of rotatable bonds is 0. The first-order chi connectivity index (χ1) is 3.73. The minimum atomic E-state index is -0.861. The molecule has 0 aromatic carbocycles. The summed E-state index contributed by atoms with van der Waals surface area (Å²) in [7, 11) is -0.861. The number of hydrogen-bond donors (Lipinski definition) is 0. The summed E-state index contributed by atoms with van der Waals surface area (Å²) in [5.74, 6) is 0. The van der Waals surface area contributed by atoms with Crippen LogP contribution in [0.4, 0.5) is 0 Å². The van der Waals surface area contributed by atoms with Crippen molar-refractivity contribution in [1.29, 1.82) is 0 Å². The summed E-state index contributed by atoms with van der Waals surface area (Å²) in [4.78, 5) is 0. The quantitative estimate of drug-likeness (QED) is 0.423. The molecule has 0 aromatic rings. The molecular formula is C8H18SiZn. The smallest absolute Gasteiger partial charge is 0.515 e. The maximum atomic E-state index is 5.03. The van der Waals surface area contributed by atoms with Crippen LogP contribution in [0.2, 0.25) is 19.6 Å². The molecule has 0 nitrogen and oxygen atoms in total. The first-order valence-corrected chi connectivity index (χ1v) is 6.85. The van der Waals surface area contributed by atoms with Crippen LogP contribution in [0.25, 0.3) is 0 Å². The minimum absolute atomic E-state index is 0. The largest absolute Gasteiger partial charge is 2.00 e. The van der Waals surface area contributed by atoms with E-state index in [4.69, 9.17) is 6.58 Å². The fraction of sp³-hybridized carbons (Fsp3) is 0.625. The molecule has 0 bridgehead atoms. The molecule has 0 heterocycles. The van der Waals surface area contributed by atoms with E-state index in [9.17, 15) is 0 Å². The Balaban J connectivity index is -0.0000000910. The maximum Gasteiger partial charge on any atom is 2.00 e. The van der Waals surface area contributed by atoms with Gasteiger partial charge in [0.05, 0.1) is 0 Å². The number of hydrogen-bond acceptors (Lipinski definition) is 0. The molecule has 0 N–H and O–H groups in total. The van der Waals surface area contributed by atoms with Crippen molar-refractivity contribution in [3.63, 3.8) is 0 Å². The van der Waals surface area contributed by atoms with Gasteiger partial charge in [-0.25, -0.2) is 0 Å². The van der Waals surface area contributed by atoms with E-state index in [0.717, 1.165) is 5.57 Å². The van der Waals surface area contributed by atoms with Gasteiger partial charge in [-0.1, -0.05) is 33.5 Å². The van der Waals surface area contributed by atoms with Gasteiger partial charge in [0.2, 0.25) is 0 Å². The van der Waals surface area contributed by atoms with Gasteiger partial charge >= 0.3 is 19.5 Å². The van der Waals surface area contributed by atoms with Gasteiger partial charge in [0.25, 0.3) is 0 Å². The fourth-order valence-corrected chi connectivity index (χ4v) is 0. The van der Waals surface area contributed by atoms with Crippen LogP contribution < -0.4 is 0 Å². The van der Waals surface area contributed by atoms with E-state index < -0.39 is 8.07 Å². The van der Waals surface area contributed by atoms with Crippen molar-refractivity contribution in [2.75, 3.05) is 0 Å². The van der Waals surface area contributed by atoms with Gasteiger partial charge in [-0.05, 0) is 0 Å². The molecule has 56 valence electrons. The SMILES string of the molecule is [CH-]=C(C)C.[CH2-][Si](C)(C)C.[Zn+2]. The van der Waals surface area contributed by atoms with Crippen molar-refractivity contribution in [3.8, 4) is 0 Å². The van der Waals surface area contributed by atoms with Crippen LogP contribution in [0.3, 0.4) is 0 Å². The third-order valence-electron chi connectivity index (χ3n) is 0. The van der Waals surface area contributed by atoms with Crippen LogP contribution in [0.5, 0.6) is 0 Å². The summed E-state index contributed by atoms with van der Waals surface area (Å²) in [6.45, 7) is 19.3. The summed E-state index contributed by atoms with van der Waals surface area (Å²) in [5, 5.41) is 0. The minimum Gasteiger partial charge on any atom is -0.515 e. The average Bonchev–Trinajstić information content (AvgIpc) is 1.19. The van der Waals surface area contributed by atoms with E-state index >= 15 is 0 Å². The molecule has 0 saturated heterocycles. The monoisotopic (exact) mass is 206 g/mol. The van der Waals surface area contributed by atoms with E-state index in [1.54, 1.807) is 0 Å². The molecule has 0 aliphatic heterocycles. The van der Waals surface area contributed by atoms with Crippen LogP contribution in [-0.2, 0) is 19.5 Å². The van der Waals surface area contributed by atoms with E-state index in [2.05, 4.69) is 26.2 Å². The first kappa shape index (κ1) is 16.9. The van der Waals surface area contributed by atoms with Crippen LogP contribution in [0.1, 0.15) is 13.8 Å². The van der Waals surface area contributed by atoms with Crippen molar-refractivity contribution < 1.29 is 19.5 Å². The zero-order valence-electron chi connectivity index (χ0n) is 7.99. The van der Waals surface area contributed by atoms with Gasteiger partial charge in [-0.3, -0.25) is 5.57 Å². The summed E-state index contributed by atoms with van der Waals surface area (Å²) < 4.78 is 0. The van der Waals surface area contributed by atoms with E-state index in [1.165, 1.54) is 0 Å². The van der Waals surface area contributed by atoms with Crippen LogP contribution in [0.15, 0.2) is 5.57 Å². The summed E-state index contributed by atoms with van der Waals surface area (Å²) in [6.07, 6.45) is 0. The zero-order chi connectivity index (χ0) is 8.08. The second kappa shape index (κ2) is 7.68. The summed E-state index contributed by atoms with van der Waals surface area (Å²) >= 11 is 0. The first-order valence-electron chi connectivity index (χ1n) is 3.14. The van der Waals surface area contributed by atoms with E-state index in [0.29, 0.717) is 0 Å². The molecule has 0 aromatic heterocycles. The molecule has 0 aliphatic carbocycles. The van der Waals surface area contributed by atoms with Crippen molar-refractivity contribution in [2.45, 2.75) is 33.5 Å². The topological polar surface area (TPSA) is 0 Å². The Labute approximate surface area is 79.9 Å². The van der Waals surface area contributed by atoms with Gasteiger partial charge in [-0.15, -0.1) is 8.07 Å². The maximum absolute atomic E-state index is 5.03. The molecule has 0 aliphatic rings. The predicted octanol–water partition coefficient (Wildman–Crippen LogP) is 3.08. The predicted molar refractivity (Wildman–Crippen MR) is 47.9 cm³/mol. The second-order valence-corrected chi connectivity index (χ2v) is 8.76. The third-order valence-corrected chi connectivity index (χ3v) is 0. The summed E-state index contributed by atoms with van der Waals surface area (Å²) in [5.41, 5.74) is 0.917. The van der Waals surface area contributed by atoms with Crippen LogP contribution in [-0.4, -0.2) is 8.07 Å². The molecule has 0 unspecified atom stereocenters. The average molecular weight is 208 g/mol. The molecule has 0 amide bonds. The second-order valence-electron chi connectivity index (χ2n) is 3.64. The molecule has 0 radical (unpaired) electrons. The van der Waals surface area contributed by atoms with Gasteiger partial charge in [-0.2, -0.15) is 0 Å². The standard InChI is InChI=1S/C4H11Si.C4H7.Zn/c1-5(2,3)4;1-4(2)3;/h1H2,2-4H3;1H,2-3H3;/q2*-1;+2. The molecule has 0 spiro atoms. The van der Waals surface area contributed by atoms with Crippen molar-refractivity contribution in [2.24, 2.45) is 0 Å². The van der Waals surface area contributed by atoms with Gasteiger partial charge in [0.1, 0.15) is 0 Å². The van der Waals surface area contributed by atoms with Crippen molar-refractivity contribution in [1.82, 2.24) is 0 Å². The van der Waals surface area contributed by atoms with Gasteiger partial charge in [0.15, 0.2) is 0 Å². The number of allylic oxidation sites excluding steroid dienone is 1. The fourth-order valence-electron chi connectivity index (χ4n) is 0. The van der Waals surface area contributed by atoms with Crippen molar-refractivity contribution >= 4 is 8.07 Å². The zero-order valence-corrected chi connectivity index (χ0v) is 12.0. The van der Waals surface area contributed by atoms with Crippen molar-refractivity contribution in [3.05, 3.63) is 18.7 Å². The Bertz CT molecular complexity index is 71.7. The Morgan fingerprint density at radius 3 is 1.20 bits per heavy atom. The Hall–Kier alpha value is 0.580. The Morgan fingerprint density at radius 1 is 1.20 bits per heavy atom. The molecular weight excluding hydrogens is 190 g/mol. The Morgan fingerprint density at radius 2 is 1.20 bits per heavy atom. The molecule has 0 atom stereocenters. The molecule has 10 heavy (non-hydrogen) atoms. The van der Waals surface area contributed by atoms with E-state index in [-0.39, 0.29) is 19.5 Å². The van der Waals surface area contributed by atoms with E-state index in [1.807, 2.05) is 13.8 Å². The summed E-state index contributed by atoms with van der Waals surface area (Å²) in [6, 6.07) is 0. The molecule has 2 heteroatoms. The van der Waals surface area contributed by atoms with Crippen LogP contribution >= 0.6 is 0 Å². The molecule has 0 rings (SSSR count). The Kier molecular flexibility index (Phi) is 13.0. The molecule has 0 saturated carbocycles. The normalized spacial score (nSPS) is 8.60. The van der Waals surface area contributed by atoms with Gasteiger partial charge < -0.3 is 13.1 Å². The van der Waals surface area contributed by atoms with Gasteiger partial charge in [0, 0.05) is 0 Å².